The van der Waals surface area contributed by atoms with E-state index in [9.17, 15) is 4.79 Å². The Hall–Kier alpha value is -2.38. The molecule has 1 aliphatic rings. The summed E-state index contributed by atoms with van der Waals surface area (Å²) in [6, 6.07) is 13.6. The van der Waals surface area contributed by atoms with Gasteiger partial charge in [-0.3, -0.25) is 4.79 Å². The van der Waals surface area contributed by atoms with E-state index in [1.165, 1.54) is 5.56 Å². The molecule has 0 aliphatic carbocycles. The van der Waals surface area contributed by atoms with Gasteiger partial charge in [0.2, 0.25) is 5.12 Å². The quantitative estimate of drug-likeness (QED) is 0.659. The van der Waals surface area contributed by atoms with E-state index in [0.717, 1.165) is 21.9 Å². The van der Waals surface area contributed by atoms with Crippen molar-refractivity contribution in [1.29, 1.82) is 0 Å². The number of hydrogen-bond donors (Lipinski definition) is 0. The van der Waals surface area contributed by atoms with E-state index in [1.807, 2.05) is 18.2 Å². The largest absolute Gasteiger partial charge is 0.496 e. The Morgan fingerprint density at radius 2 is 1.70 bits per heavy atom. The lowest BCUT2D eigenvalue weighted by Gasteiger charge is -2.12. The van der Waals surface area contributed by atoms with Gasteiger partial charge in [0, 0.05) is 17.9 Å². The van der Waals surface area contributed by atoms with Crippen molar-refractivity contribution in [2.75, 3.05) is 21.3 Å². The van der Waals surface area contributed by atoms with E-state index < -0.39 is 0 Å². The van der Waals surface area contributed by atoms with Crippen molar-refractivity contribution in [2.45, 2.75) is 5.75 Å². The number of carbonyl (C=O) groups is 1. The highest BCUT2D eigenvalue weighted by molar-refractivity contribution is 8.45. The summed E-state index contributed by atoms with van der Waals surface area (Å²) >= 11 is 2.70. The summed E-state index contributed by atoms with van der Waals surface area (Å²) in [7, 11) is 4.70. The van der Waals surface area contributed by atoms with Gasteiger partial charge in [0.25, 0.3) is 0 Å². The number of methoxy groups -OCH3 is 3. The zero-order valence-corrected chi connectivity index (χ0v) is 16.9. The van der Waals surface area contributed by atoms with Gasteiger partial charge in [-0.05, 0) is 23.4 Å². The fraction of sp³-hybridized carbons (Fsp3) is 0.200. The smallest absolute Gasteiger partial charge is 0.244 e. The van der Waals surface area contributed by atoms with Crippen molar-refractivity contribution in [2.24, 2.45) is 4.99 Å². The Morgan fingerprint density at radius 3 is 2.30 bits per heavy atom. The molecule has 0 saturated heterocycles. The van der Waals surface area contributed by atoms with Crippen LogP contribution in [-0.2, 0) is 10.5 Å². The van der Waals surface area contributed by atoms with Crippen LogP contribution in [0.2, 0.25) is 0 Å². The summed E-state index contributed by atoms with van der Waals surface area (Å²) in [5.41, 5.74) is 2.22. The SMILES string of the molecule is COc1cc(OC)c(/C=C2/N=C(SCc3ccccc3)SC2=O)c(OC)c1. The van der Waals surface area contributed by atoms with E-state index in [1.54, 1.807) is 51.3 Å². The van der Waals surface area contributed by atoms with Gasteiger partial charge >= 0.3 is 0 Å². The number of nitrogens with zero attached hydrogens (tertiary/aromatic N) is 1. The van der Waals surface area contributed by atoms with Gasteiger partial charge in [0.15, 0.2) is 0 Å². The van der Waals surface area contributed by atoms with Gasteiger partial charge in [-0.1, -0.05) is 42.1 Å². The number of carbonyl (C=O) groups excluding carboxylic acids is 1. The predicted molar refractivity (Wildman–Crippen MR) is 112 cm³/mol. The molecule has 0 unspecified atom stereocenters. The lowest BCUT2D eigenvalue weighted by Crippen LogP contribution is -1.96. The van der Waals surface area contributed by atoms with Crippen LogP contribution >= 0.6 is 23.5 Å². The summed E-state index contributed by atoms with van der Waals surface area (Å²) in [5.74, 6) is 2.48. The maximum Gasteiger partial charge on any atom is 0.244 e. The van der Waals surface area contributed by atoms with E-state index >= 15 is 0 Å². The highest BCUT2D eigenvalue weighted by atomic mass is 32.2. The van der Waals surface area contributed by atoms with Crippen molar-refractivity contribution in [3.05, 3.63) is 59.3 Å². The summed E-state index contributed by atoms with van der Waals surface area (Å²) in [4.78, 5) is 16.9. The molecule has 5 nitrogen and oxygen atoms in total. The van der Waals surface area contributed by atoms with E-state index in [0.29, 0.717) is 28.5 Å². The Bertz CT molecular complexity index is 869. The fourth-order valence-electron chi connectivity index (χ4n) is 2.48. The molecule has 0 radical (unpaired) electrons. The van der Waals surface area contributed by atoms with Crippen LogP contribution in [0.3, 0.4) is 0 Å². The van der Waals surface area contributed by atoms with E-state index in [2.05, 4.69) is 17.1 Å². The monoisotopic (exact) mass is 401 g/mol. The lowest BCUT2D eigenvalue weighted by atomic mass is 10.1. The van der Waals surface area contributed by atoms with E-state index in [-0.39, 0.29) is 5.12 Å². The number of aliphatic imine (C=N–C) groups is 1. The first-order chi connectivity index (χ1) is 13.1. The van der Waals surface area contributed by atoms with Crippen molar-refractivity contribution in [3.8, 4) is 17.2 Å². The van der Waals surface area contributed by atoms with Crippen LogP contribution in [0.25, 0.3) is 6.08 Å². The third-order valence-corrected chi connectivity index (χ3v) is 5.92. The molecule has 0 bridgehead atoms. The minimum atomic E-state index is -0.0921. The van der Waals surface area contributed by atoms with Gasteiger partial charge in [-0.15, -0.1) is 0 Å². The molecule has 3 rings (SSSR count). The third-order valence-electron chi connectivity index (χ3n) is 3.84. The molecular weight excluding hydrogens is 382 g/mol. The molecule has 7 heteroatoms. The molecule has 2 aromatic rings. The molecular formula is C20H19NO4S2. The average Bonchev–Trinajstić information content (AvgIpc) is 3.06. The molecule has 1 heterocycles. The van der Waals surface area contributed by atoms with Crippen LogP contribution < -0.4 is 14.2 Å². The highest BCUT2D eigenvalue weighted by Crippen LogP contribution is 2.38. The highest BCUT2D eigenvalue weighted by Gasteiger charge is 2.24. The Balaban J connectivity index is 1.86. The Morgan fingerprint density at radius 1 is 1.04 bits per heavy atom. The van der Waals surface area contributed by atoms with Gasteiger partial charge < -0.3 is 14.2 Å². The zero-order chi connectivity index (χ0) is 19.2. The summed E-state index contributed by atoms with van der Waals surface area (Å²) in [6.45, 7) is 0. The molecule has 0 fully saturated rings. The molecule has 0 N–H and O–H groups in total. The number of hydrogen-bond acceptors (Lipinski definition) is 7. The van der Waals surface area contributed by atoms with Crippen LogP contribution in [-0.4, -0.2) is 30.8 Å². The minimum Gasteiger partial charge on any atom is -0.496 e. The molecule has 0 aromatic heterocycles. The van der Waals surface area contributed by atoms with Gasteiger partial charge in [-0.25, -0.2) is 4.99 Å². The summed E-state index contributed by atoms with van der Waals surface area (Å²) in [6.07, 6.45) is 1.70. The molecule has 0 atom stereocenters. The molecule has 0 amide bonds. The number of ether oxygens (including phenoxy) is 3. The molecule has 1 aliphatic heterocycles. The predicted octanol–water partition coefficient (Wildman–Crippen LogP) is 4.62. The van der Waals surface area contributed by atoms with Crippen LogP contribution in [0.15, 0.2) is 53.2 Å². The molecule has 140 valence electrons. The van der Waals surface area contributed by atoms with Gasteiger partial charge in [-0.2, -0.15) is 0 Å². The van der Waals surface area contributed by atoms with Crippen molar-refractivity contribution in [1.82, 2.24) is 0 Å². The van der Waals surface area contributed by atoms with E-state index in [4.69, 9.17) is 14.2 Å². The molecule has 0 saturated carbocycles. The Labute approximate surface area is 166 Å². The van der Waals surface area contributed by atoms with Crippen molar-refractivity contribution >= 4 is 39.1 Å². The van der Waals surface area contributed by atoms with Crippen molar-refractivity contribution < 1.29 is 19.0 Å². The summed E-state index contributed by atoms with van der Waals surface area (Å²) < 4.78 is 16.9. The molecule has 27 heavy (non-hydrogen) atoms. The van der Waals surface area contributed by atoms with Crippen LogP contribution in [0.1, 0.15) is 11.1 Å². The standard InChI is InChI=1S/C20H19NO4S2/c1-23-14-9-17(24-2)15(18(10-14)25-3)11-16-19(22)27-20(21-16)26-12-13-7-5-4-6-8-13/h4-11H,12H2,1-3H3/b16-11+. The maximum absolute atomic E-state index is 12.4. The van der Waals surface area contributed by atoms with Crippen molar-refractivity contribution in [3.63, 3.8) is 0 Å². The first kappa shape index (κ1) is 19.4. The summed E-state index contributed by atoms with van der Waals surface area (Å²) in [5, 5.41) is -0.0921. The van der Waals surface area contributed by atoms with Gasteiger partial charge in [0.1, 0.15) is 27.3 Å². The molecule has 2 aromatic carbocycles. The maximum atomic E-state index is 12.4. The van der Waals surface area contributed by atoms with Gasteiger partial charge in [0.05, 0.1) is 26.9 Å². The first-order valence-corrected chi connectivity index (χ1v) is 9.94. The number of benzene rings is 2. The minimum absolute atomic E-state index is 0.0921. The second kappa shape index (κ2) is 9.01. The van der Waals surface area contributed by atoms with Crippen LogP contribution in [0, 0.1) is 0 Å². The normalized spacial score (nSPS) is 15.0. The zero-order valence-electron chi connectivity index (χ0n) is 15.2. The second-order valence-electron chi connectivity index (χ2n) is 5.52. The van der Waals surface area contributed by atoms with Crippen LogP contribution in [0.5, 0.6) is 17.2 Å². The first-order valence-electron chi connectivity index (χ1n) is 8.14. The lowest BCUT2D eigenvalue weighted by molar-refractivity contribution is -0.107. The van der Waals surface area contributed by atoms with Crippen LogP contribution in [0.4, 0.5) is 0 Å². The third kappa shape index (κ3) is 4.67. The molecule has 0 spiro atoms. The topological polar surface area (TPSA) is 57.1 Å². The second-order valence-corrected chi connectivity index (χ2v) is 7.70. The average molecular weight is 402 g/mol. The number of thioether (sulfide) groups is 2. The number of rotatable bonds is 6. The Kier molecular flexibility index (Phi) is 6.47. The fourth-order valence-corrected chi connectivity index (χ4v) is 4.28.